The van der Waals surface area contributed by atoms with Crippen LogP contribution in [0, 0.1) is 13.8 Å². The van der Waals surface area contributed by atoms with Gasteiger partial charge in [0, 0.05) is 24.9 Å². The number of carbonyl (C=O) groups is 1. The number of hydrogen-bond donors (Lipinski definition) is 1. The monoisotopic (exact) mass is 294 g/mol. The molecule has 1 aromatic heterocycles. The van der Waals surface area contributed by atoms with Crippen molar-refractivity contribution in [3.05, 3.63) is 29.1 Å². The number of ether oxygens (including phenoxy) is 1. The van der Waals surface area contributed by atoms with E-state index < -0.39 is 0 Å². The Morgan fingerprint density at radius 2 is 1.71 bits per heavy atom. The van der Waals surface area contributed by atoms with Crippen LogP contribution in [-0.2, 0) is 4.74 Å². The Hall–Kier alpha value is -1.42. The summed E-state index contributed by atoms with van der Waals surface area (Å²) in [4.78, 5) is 16.3. The van der Waals surface area contributed by atoms with E-state index >= 15 is 0 Å². The molecule has 0 unspecified atom stereocenters. The molecule has 1 aliphatic heterocycles. The highest BCUT2D eigenvalue weighted by Gasteiger charge is 2.17. The van der Waals surface area contributed by atoms with Crippen LogP contribution >= 0.6 is 0 Å². The van der Waals surface area contributed by atoms with Crippen molar-refractivity contribution in [1.82, 2.24) is 10.3 Å². The molecular weight excluding hydrogens is 264 g/mol. The summed E-state index contributed by atoms with van der Waals surface area (Å²) in [5.41, 5.74) is 2.51. The van der Waals surface area contributed by atoms with Gasteiger partial charge >= 0.3 is 0 Å². The third kappa shape index (κ3) is 6.71. The molecule has 1 amide bonds. The van der Waals surface area contributed by atoms with E-state index in [0.29, 0.717) is 5.69 Å². The molecule has 0 bridgehead atoms. The van der Waals surface area contributed by atoms with Gasteiger partial charge in [0.2, 0.25) is 0 Å². The second kappa shape index (κ2) is 11.3. The van der Waals surface area contributed by atoms with E-state index in [2.05, 4.69) is 10.3 Å². The molecule has 1 aromatic rings. The van der Waals surface area contributed by atoms with Crippen LogP contribution in [0.4, 0.5) is 0 Å². The number of hydrogen-bond acceptors (Lipinski definition) is 3. The number of nitrogens with zero attached hydrogens (tertiary/aromatic N) is 1. The van der Waals surface area contributed by atoms with Crippen LogP contribution in [0.2, 0.25) is 0 Å². The fourth-order valence-corrected chi connectivity index (χ4v) is 1.86. The molecule has 2 rings (SSSR count). The lowest BCUT2D eigenvalue weighted by Gasteiger charge is -2.22. The van der Waals surface area contributed by atoms with Gasteiger partial charge in [0.15, 0.2) is 0 Å². The lowest BCUT2D eigenvalue weighted by atomic mass is 10.1. The number of pyridine rings is 1. The first-order chi connectivity index (χ1) is 10.2. The second-order valence-electron chi connectivity index (χ2n) is 4.46. The molecule has 0 saturated carbocycles. The van der Waals surface area contributed by atoms with Crippen molar-refractivity contribution in [3.8, 4) is 0 Å². The molecule has 0 aromatic carbocycles. The van der Waals surface area contributed by atoms with Gasteiger partial charge in [0.1, 0.15) is 5.69 Å². The van der Waals surface area contributed by atoms with E-state index in [1.54, 1.807) is 6.07 Å². The highest BCUT2D eigenvalue weighted by molar-refractivity contribution is 5.92. The van der Waals surface area contributed by atoms with E-state index in [1.807, 2.05) is 47.6 Å². The zero-order valence-corrected chi connectivity index (χ0v) is 14.3. The van der Waals surface area contributed by atoms with Gasteiger partial charge in [-0.2, -0.15) is 0 Å². The maximum atomic E-state index is 12.0. The van der Waals surface area contributed by atoms with Gasteiger partial charge in [-0.05, 0) is 38.3 Å². The van der Waals surface area contributed by atoms with Crippen molar-refractivity contribution in [1.29, 1.82) is 0 Å². The first-order valence-electron chi connectivity index (χ1n) is 7.99. The van der Waals surface area contributed by atoms with Crippen LogP contribution in [0.5, 0.6) is 0 Å². The molecule has 0 spiro atoms. The Balaban J connectivity index is 0.000000921. The summed E-state index contributed by atoms with van der Waals surface area (Å²) >= 11 is 0. The topological polar surface area (TPSA) is 51.2 Å². The van der Waals surface area contributed by atoms with Crippen molar-refractivity contribution in [2.24, 2.45) is 0 Å². The van der Waals surface area contributed by atoms with Crippen molar-refractivity contribution in [2.75, 3.05) is 13.2 Å². The van der Waals surface area contributed by atoms with Gasteiger partial charge in [-0.1, -0.05) is 33.8 Å². The fourth-order valence-electron chi connectivity index (χ4n) is 1.86. The number of aromatic nitrogens is 1. The molecular formula is C17H30N2O2. The van der Waals surface area contributed by atoms with Crippen LogP contribution in [0.25, 0.3) is 0 Å². The van der Waals surface area contributed by atoms with E-state index in [-0.39, 0.29) is 11.9 Å². The maximum Gasteiger partial charge on any atom is 0.270 e. The number of rotatable bonds is 2. The van der Waals surface area contributed by atoms with Gasteiger partial charge in [0.25, 0.3) is 5.91 Å². The van der Waals surface area contributed by atoms with Gasteiger partial charge in [-0.25, -0.2) is 4.98 Å². The minimum absolute atomic E-state index is 0.0833. The average molecular weight is 294 g/mol. The average Bonchev–Trinajstić information content (AvgIpc) is 2.55. The van der Waals surface area contributed by atoms with Crippen LogP contribution in [-0.4, -0.2) is 30.1 Å². The van der Waals surface area contributed by atoms with Gasteiger partial charge in [0.05, 0.1) is 0 Å². The lowest BCUT2D eigenvalue weighted by Crippen LogP contribution is -2.39. The summed E-state index contributed by atoms with van der Waals surface area (Å²) in [6, 6.07) is 3.93. The highest BCUT2D eigenvalue weighted by Crippen LogP contribution is 2.09. The van der Waals surface area contributed by atoms with Gasteiger partial charge < -0.3 is 10.1 Å². The summed E-state index contributed by atoms with van der Waals surface area (Å²) < 4.78 is 5.25. The predicted molar refractivity (Wildman–Crippen MR) is 87.7 cm³/mol. The van der Waals surface area contributed by atoms with E-state index in [4.69, 9.17) is 4.74 Å². The molecule has 4 heteroatoms. The van der Waals surface area contributed by atoms with Crippen molar-refractivity contribution in [3.63, 3.8) is 0 Å². The molecule has 120 valence electrons. The molecule has 0 atom stereocenters. The standard InChI is InChI=1S/C13H18N2O2.2C2H6/c1-9-3-4-12(14-10(9)2)13(16)15-11-5-7-17-8-6-11;2*1-2/h3-4,11H,5-8H2,1-2H3,(H,15,16);2*1-2H3. The molecule has 21 heavy (non-hydrogen) atoms. The van der Waals surface area contributed by atoms with E-state index in [0.717, 1.165) is 37.3 Å². The zero-order valence-electron chi connectivity index (χ0n) is 14.3. The summed E-state index contributed by atoms with van der Waals surface area (Å²) in [5.74, 6) is -0.0833. The largest absolute Gasteiger partial charge is 0.381 e. The first kappa shape index (κ1) is 19.6. The molecule has 1 saturated heterocycles. The molecule has 4 nitrogen and oxygen atoms in total. The van der Waals surface area contributed by atoms with Gasteiger partial charge in [-0.15, -0.1) is 0 Å². The second-order valence-corrected chi connectivity index (χ2v) is 4.46. The Morgan fingerprint density at radius 3 is 2.24 bits per heavy atom. The van der Waals surface area contributed by atoms with E-state index in [9.17, 15) is 4.79 Å². The minimum Gasteiger partial charge on any atom is -0.381 e. The number of amides is 1. The quantitative estimate of drug-likeness (QED) is 0.905. The summed E-state index contributed by atoms with van der Waals surface area (Å²) in [7, 11) is 0. The van der Waals surface area contributed by atoms with Crippen LogP contribution in [0.3, 0.4) is 0 Å². The molecule has 0 radical (unpaired) electrons. The number of aryl methyl sites for hydroxylation is 2. The van der Waals surface area contributed by atoms with Crippen molar-refractivity contribution >= 4 is 5.91 Å². The molecule has 1 aliphatic rings. The predicted octanol–water partition coefficient (Wildman–Crippen LogP) is 3.66. The van der Waals surface area contributed by atoms with Crippen LogP contribution < -0.4 is 5.32 Å². The number of nitrogens with one attached hydrogen (secondary N) is 1. The van der Waals surface area contributed by atoms with E-state index in [1.165, 1.54) is 0 Å². The summed E-state index contributed by atoms with van der Waals surface area (Å²) in [6.07, 6.45) is 1.77. The van der Waals surface area contributed by atoms with Crippen molar-refractivity contribution < 1.29 is 9.53 Å². The Bertz CT molecular complexity index is 413. The smallest absolute Gasteiger partial charge is 0.270 e. The van der Waals surface area contributed by atoms with Gasteiger partial charge in [-0.3, -0.25) is 4.79 Å². The lowest BCUT2D eigenvalue weighted by molar-refractivity contribution is 0.0694. The Morgan fingerprint density at radius 1 is 1.14 bits per heavy atom. The molecule has 1 fully saturated rings. The highest BCUT2D eigenvalue weighted by atomic mass is 16.5. The van der Waals surface area contributed by atoms with Crippen LogP contribution in [0.1, 0.15) is 62.3 Å². The fraction of sp³-hybridized carbons (Fsp3) is 0.647. The SMILES string of the molecule is CC.CC.Cc1ccc(C(=O)NC2CCOCC2)nc1C. The third-order valence-corrected chi connectivity index (χ3v) is 3.14. The first-order valence-corrected chi connectivity index (χ1v) is 7.99. The normalized spacial score (nSPS) is 14.2. The zero-order chi connectivity index (χ0) is 16.3. The maximum absolute atomic E-state index is 12.0. The molecule has 0 aliphatic carbocycles. The van der Waals surface area contributed by atoms with Crippen molar-refractivity contribution in [2.45, 2.75) is 60.4 Å². The number of carbonyl (C=O) groups excluding carboxylic acids is 1. The minimum atomic E-state index is -0.0833. The molecule has 1 N–H and O–H groups in total. The summed E-state index contributed by atoms with van der Waals surface area (Å²) in [5, 5.41) is 3.00. The third-order valence-electron chi connectivity index (χ3n) is 3.14. The van der Waals surface area contributed by atoms with Crippen LogP contribution in [0.15, 0.2) is 12.1 Å². The molecule has 2 heterocycles. The Kier molecular flexibility index (Phi) is 10.5. The Labute approximate surface area is 129 Å². The summed E-state index contributed by atoms with van der Waals surface area (Å²) in [6.45, 7) is 13.4.